The number of nitrogens with two attached hydrogens (primary N) is 1. The molecule has 2 rings (SSSR count). The summed E-state index contributed by atoms with van der Waals surface area (Å²) in [5.41, 5.74) is 6.45. The van der Waals surface area contributed by atoms with Crippen molar-refractivity contribution in [1.82, 2.24) is 9.80 Å². The molecule has 0 bridgehead atoms. The van der Waals surface area contributed by atoms with Crippen LogP contribution in [-0.2, 0) is 0 Å². The normalized spacial score (nSPS) is 19.5. The lowest BCUT2D eigenvalue weighted by atomic mass is 10.0. The Labute approximate surface area is 119 Å². The Morgan fingerprint density at radius 1 is 1.30 bits per heavy atom. The number of hydrogen-bond donors (Lipinski definition) is 1. The molecule has 1 unspecified atom stereocenters. The van der Waals surface area contributed by atoms with Crippen LogP contribution < -0.4 is 5.73 Å². The van der Waals surface area contributed by atoms with Crippen LogP contribution in [0.2, 0.25) is 0 Å². The van der Waals surface area contributed by atoms with Crippen LogP contribution in [0.3, 0.4) is 0 Å². The van der Waals surface area contributed by atoms with Gasteiger partial charge in [-0.25, -0.2) is 8.78 Å². The van der Waals surface area contributed by atoms with Crippen molar-refractivity contribution in [2.75, 3.05) is 33.7 Å². The van der Waals surface area contributed by atoms with Crippen molar-refractivity contribution in [3.63, 3.8) is 0 Å². The standard InChI is InChI=1S/C15H23F2N3/c1-19(2)12-5-7-20(8-6-12)10-15(18)13-4-3-11(16)9-14(13)17/h3-4,9,12,15H,5-8,10,18H2,1-2H3. The van der Waals surface area contributed by atoms with Gasteiger partial charge in [0, 0.05) is 30.3 Å². The summed E-state index contributed by atoms with van der Waals surface area (Å²) in [6.45, 7) is 2.56. The number of halogens is 2. The molecule has 20 heavy (non-hydrogen) atoms. The molecule has 1 heterocycles. The molecule has 1 aliphatic rings. The van der Waals surface area contributed by atoms with Crippen molar-refractivity contribution in [2.45, 2.75) is 24.9 Å². The van der Waals surface area contributed by atoms with Crippen molar-refractivity contribution in [3.05, 3.63) is 35.4 Å². The van der Waals surface area contributed by atoms with E-state index in [4.69, 9.17) is 5.73 Å². The van der Waals surface area contributed by atoms with E-state index < -0.39 is 17.7 Å². The Balaban J connectivity index is 1.90. The Kier molecular flexibility index (Phi) is 5.07. The summed E-state index contributed by atoms with van der Waals surface area (Å²) in [5, 5.41) is 0. The fourth-order valence-electron chi connectivity index (χ4n) is 2.80. The molecule has 0 amide bonds. The Morgan fingerprint density at radius 3 is 2.50 bits per heavy atom. The van der Waals surface area contributed by atoms with Gasteiger partial charge in [0.15, 0.2) is 0 Å². The van der Waals surface area contributed by atoms with E-state index >= 15 is 0 Å². The van der Waals surface area contributed by atoms with Crippen LogP contribution >= 0.6 is 0 Å². The van der Waals surface area contributed by atoms with E-state index in [2.05, 4.69) is 23.9 Å². The molecule has 2 N–H and O–H groups in total. The Morgan fingerprint density at radius 2 is 1.95 bits per heavy atom. The summed E-state index contributed by atoms with van der Waals surface area (Å²) in [6.07, 6.45) is 2.21. The highest BCUT2D eigenvalue weighted by atomic mass is 19.1. The molecule has 112 valence electrons. The zero-order valence-corrected chi connectivity index (χ0v) is 12.1. The molecule has 5 heteroatoms. The molecule has 0 aromatic heterocycles. The third kappa shape index (κ3) is 3.75. The van der Waals surface area contributed by atoms with Crippen LogP contribution in [0.15, 0.2) is 18.2 Å². The summed E-state index contributed by atoms with van der Waals surface area (Å²) in [4.78, 5) is 4.50. The van der Waals surface area contributed by atoms with E-state index in [0.717, 1.165) is 32.0 Å². The molecule has 0 aliphatic carbocycles. The van der Waals surface area contributed by atoms with Crippen molar-refractivity contribution < 1.29 is 8.78 Å². The summed E-state index contributed by atoms with van der Waals surface area (Å²) in [6, 6.07) is 3.81. The maximum atomic E-state index is 13.7. The molecule has 1 atom stereocenters. The lowest BCUT2D eigenvalue weighted by Gasteiger charge is -2.36. The van der Waals surface area contributed by atoms with Gasteiger partial charge in [-0.2, -0.15) is 0 Å². The highest BCUT2D eigenvalue weighted by Gasteiger charge is 2.23. The first-order valence-electron chi connectivity index (χ1n) is 7.06. The van der Waals surface area contributed by atoms with Gasteiger partial charge >= 0.3 is 0 Å². The second kappa shape index (κ2) is 6.61. The van der Waals surface area contributed by atoms with Crippen LogP contribution in [0.25, 0.3) is 0 Å². The van der Waals surface area contributed by atoms with E-state index in [1.54, 1.807) is 0 Å². The first-order valence-corrected chi connectivity index (χ1v) is 7.06. The molecule has 0 saturated carbocycles. The van der Waals surface area contributed by atoms with Gasteiger partial charge < -0.3 is 15.5 Å². The summed E-state index contributed by atoms with van der Waals surface area (Å²) < 4.78 is 26.6. The van der Waals surface area contributed by atoms with Gasteiger partial charge in [0.05, 0.1) is 0 Å². The molecular weight excluding hydrogens is 260 g/mol. The number of benzene rings is 1. The van der Waals surface area contributed by atoms with Gasteiger partial charge in [-0.3, -0.25) is 0 Å². The van der Waals surface area contributed by atoms with Crippen LogP contribution in [0.4, 0.5) is 8.78 Å². The fourth-order valence-corrected chi connectivity index (χ4v) is 2.80. The van der Waals surface area contributed by atoms with E-state index in [0.29, 0.717) is 18.2 Å². The largest absolute Gasteiger partial charge is 0.323 e. The number of hydrogen-bond acceptors (Lipinski definition) is 3. The molecule has 0 radical (unpaired) electrons. The van der Waals surface area contributed by atoms with Crippen molar-refractivity contribution in [1.29, 1.82) is 0 Å². The molecule has 0 spiro atoms. The van der Waals surface area contributed by atoms with E-state index in [9.17, 15) is 8.78 Å². The third-order valence-corrected chi connectivity index (χ3v) is 4.10. The van der Waals surface area contributed by atoms with Crippen molar-refractivity contribution in [2.24, 2.45) is 5.73 Å². The van der Waals surface area contributed by atoms with E-state index in [1.807, 2.05) is 0 Å². The van der Waals surface area contributed by atoms with Crippen LogP contribution in [-0.4, -0.2) is 49.6 Å². The first-order chi connectivity index (χ1) is 9.47. The number of rotatable bonds is 4. The molecule has 1 saturated heterocycles. The highest BCUT2D eigenvalue weighted by Crippen LogP contribution is 2.20. The second-order valence-electron chi connectivity index (χ2n) is 5.77. The van der Waals surface area contributed by atoms with E-state index in [1.165, 1.54) is 12.1 Å². The molecule has 1 aromatic rings. The van der Waals surface area contributed by atoms with Gasteiger partial charge in [0.1, 0.15) is 11.6 Å². The summed E-state index contributed by atoms with van der Waals surface area (Å²) in [7, 11) is 4.19. The van der Waals surface area contributed by atoms with Crippen molar-refractivity contribution >= 4 is 0 Å². The Hall–Kier alpha value is -1.04. The van der Waals surface area contributed by atoms with Crippen molar-refractivity contribution in [3.8, 4) is 0 Å². The van der Waals surface area contributed by atoms with Gasteiger partial charge in [0.2, 0.25) is 0 Å². The quantitative estimate of drug-likeness (QED) is 0.917. The maximum Gasteiger partial charge on any atom is 0.130 e. The number of piperidine rings is 1. The molecule has 1 aliphatic heterocycles. The number of likely N-dealkylation sites (tertiary alicyclic amines) is 1. The third-order valence-electron chi connectivity index (χ3n) is 4.10. The minimum absolute atomic E-state index is 0.390. The fraction of sp³-hybridized carbons (Fsp3) is 0.600. The molecular formula is C15H23F2N3. The van der Waals surface area contributed by atoms with Gasteiger partial charge in [0.25, 0.3) is 0 Å². The maximum absolute atomic E-state index is 13.7. The molecule has 3 nitrogen and oxygen atoms in total. The van der Waals surface area contributed by atoms with E-state index in [-0.39, 0.29) is 0 Å². The summed E-state index contributed by atoms with van der Waals surface area (Å²) >= 11 is 0. The van der Waals surface area contributed by atoms with Gasteiger partial charge in [-0.05, 0) is 46.1 Å². The lowest BCUT2D eigenvalue weighted by Crippen LogP contribution is -2.44. The zero-order chi connectivity index (χ0) is 14.7. The lowest BCUT2D eigenvalue weighted by molar-refractivity contribution is 0.139. The van der Waals surface area contributed by atoms with Gasteiger partial charge in [-0.15, -0.1) is 0 Å². The van der Waals surface area contributed by atoms with Crippen LogP contribution in [0.1, 0.15) is 24.4 Å². The molecule has 1 aromatic carbocycles. The minimum atomic E-state index is -0.565. The predicted molar refractivity (Wildman–Crippen MR) is 76.4 cm³/mol. The average Bonchev–Trinajstić information content (AvgIpc) is 2.39. The predicted octanol–water partition coefficient (Wildman–Crippen LogP) is 1.99. The van der Waals surface area contributed by atoms with Crippen LogP contribution in [0.5, 0.6) is 0 Å². The van der Waals surface area contributed by atoms with Crippen LogP contribution in [0, 0.1) is 11.6 Å². The minimum Gasteiger partial charge on any atom is -0.323 e. The zero-order valence-electron chi connectivity index (χ0n) is 12.1. The average molecular weight is 283 g/mol. The monoisotopic (exact) mass is 283 g/mol. The topological polar surface area (TPSA) is 32.5 Å². The molecule has 1 fully saturated rings. The smallest absolute Gasteiger partial charge is 0.130 e. The second-order valence-corrected chi connectivity index (χ2v) is 5.77. The number of nitrogens with zero attached hydrogens (tertiary/aromatic N) is 2. The SMILES string of the molecule is CN(C)C1CCN(CC(N)c2ccc(F)cc2F)CC1. The van der Waals surface area contributed by atoms with Gasteiger partial charge in [-0.1, -0.05) is 6.07 Å². The Bertz CT molecular complexity index is 443. The highest BCUT2D eigenvalue weighted by molar-refractivity contribution is 5.22. The first kappa shape index (κ1) is 15.4. The summed E-state index contributed by atoms with van der Waals surface area (Å²) in [5.74, 6) is -1.12.